The number of benzene rings is 1. The van der Waals surface area contributed by atoms with E-state index in [0.717, 1.165) is 61.7 Å². The lowest BCUT2D eigenvalue weighted by Gasteiger charge is -2.31. The molecular formula is C20H26N4O2. The van der Waals surface area contributed by atoms with Gasteiger partial charge in [0.25, 0.3) is 0 Å². The molecule has 0 amide bonds. The fourth-order valence-electron chi connectivity index (χ4n) is 3.45. The molecule has 1 atom stereocenters. The van der Waals surface area contributed by atoms with Gasteiger partial charge in [-0.1, -0.05) is 18.2 Å². The van der Waals surface area contributed by atoms with Crippen molar-refractivity contribution in [2.24, 2.45) is 5.73 Å². The molecule has 2 fully saturated rings. The van der Waals surface area contributed by atoms with Crippen molar-refractivity contribution in [2.45, 2.75) is 38.0 Å². The highest BCUT2D eigenvalue weighted by atomic mass is 16.5. The Kier molecular flexibility index (Phi) is 5.43. The molecule has 138 valence electrons. The summed E-state index contributed by atoms with van der Waals surface area (Å²) in [6.45, 7) is 3.99. The largest absolute Gasteiger partial charge is 0.379 e. The fraction of sp³-hybridized carbons (Fsp3) is 0.500. The second-order valence-corrected chi connectivity index (χ2v) is 7.06. The first-order valence-corrected chi connectivity index (χ1v) is 9.40. The van der Waals surface area contributed by atoms with Crippen molar-refractivity contribution < 1.29 is 9.47 Å². The minimum Gasteiger partial charge on any atom is -0.379 e. The van der Waals surface area contributed by atoms with Crippen LogP contribution in [-0.2, 0) is 16.1 Å². The minimum absolute atomic E-state index is 0.212. The van der Waals surface area contributed by atoms with E-state index in [9.17, 15) is 0 Å². The van der Waals surface area contributed by atoms with Crippen LogP contribution in [0.15, 0.2) is 36.5 Å². The molecule has 1 aromatic carbocycles. The summed E-state index contributed by atoms with van der Waals surface area (Å²) in [6, 6.07) is 10.6. The highest BCUT2D eigenvalue weighted by molar-refractivity contribution is 5.58. The highest BCUT2D eigenvalue weighted by Crippen LogP contribution is 2.22. The molecule has 1 unspecified atom stereocenters. The number of hydrogen-bond acceptors (Lipinski definition) is 6. The SMILES string of the molecule is NC1CCN(c2ccnc(-c3cccc(COC4CCOC4)c3)n2)CC1. The normalized spacial score (nSPS) is 21.3. The van der Waals surface area contributed by atoms with E-state index in [1.807, 2.05) is 24.4 Å². The van der Waals surface area contributed by atoms with Crippen LogP contribution in [0.3, 0.4) is 0 Å². The lowest BCUT2D eigenvalue weighted by molar-refractivity contribution is 0.0318. The predicted molar refractivity (Wildman–Crippen MR) is 101 cm³/mol. The molecule has 4 rings (SSSR count). The lowest BCUT2D eigenvalue weighted by Crippen LogP contribution is -2.40. The molecule has 2 aliphatic rings. The van der Waals surface area contributed by atoms with Crippen LogP contribution in [0.4, 0.5) is 5.82 Å². The van der Waals surface area contributed by atoms with Gasteiger partial charge in [-0.2, -0.15) is 0 Å². The van der Waals surface area contributed by atoms with Crippen LogP contribution in [0.2, 0.25) is 0 Å². The summed E-state index contributed by atoms with van der Waals surface area (Å²) in [5.74, 6) is 1.73. The Bertz CT molecular complexity index is 725. The molecule has 3 heterocycles. The Morgan fingerprint density at radius 3 is 2.88 bits per heavy atom. The Morgan fingerprint density at radius 1 is 1.19 bits per heavy atom. The molecule has 2 saturated heterocycles. The number of nitrogens with zero attached hydrogens (tertiary/aromatic N) is 3. The van der Waals surface area contributed by atoms with E-state index >= 15 is 0 Å². The van der Waals surface area contributed by atoms with E-state index in [2.05, 4.69) is 22.0 Å². The van der Waals surface area contributed by atoms with Gasteiger partial charge in [0.05, 0.1) is 19.3 Å². The van der Waals surface area contributed by atoms with Crippen molar-refractivity contribution in [1.29, 1.82) is 0 Å². The molecule has 0 spiro atoms. The Hall–Kier alpha value is -2.02. The van der Waals surface area contributed by atoms with E-state index in [0.29, 0.717) is 19.3 Å². The fourth-order valence-corrected chi connectivity index (χ4v) is 3.45. The second kappa shape index (κ2) is 8.12. The van der Waals surface area contributed by atoms with Crippen LogP contribution in [-0.4, -0.2) is 48.4 Å². The van der Waals surface area contributed by atoms with E-state index in [1.165, 1.54) is 0 Å². The average molecular weight is 354 g/mol. The van der Waals surface area contributed by atoms with Gasteiger partial charge in [0.1, 0.15) is 5.82 Å². The van der Waals surface area contributed by atoms with Crippen molar-refractivity contribution in [1.82, 2.24) is 9.97 Å². The molecule has 0 saturated carbocycles. The molecule has 6 heteroatoms. The van der Waals surface area contributed by atoms with Gasteiger partial charge in [-0.3, -0.25) is 0 Å². The molecule has 0 bridgehead atoms. The number of piperidine rings is 1. The van der Waals surface area contributed by atoms with Crippen molar-refractivity contribution >= 4 is 5.82 Å². The van der Waals surface area contributed by atoms with Crippen molar-refractivity contribution in [3.63, 3.8) is 0 Å². The van der Waals surface area contributed by atoms with Gasteiger partial charge >= 0.3 is 0 Å². The smallest absolute Gasteiger partial charge is 0.161 e. The summed E-state index contributed by atoms with van der Waals surface area (Å²) in [6.07, 6.45) is 5.05. The van der Waals surface area contributed by atoms with Gasteiger partial charge in [0, 0.05) is 37.5 Å². The van der Waals surface area contributed by atoms with Gasteiger partial charge in [0.2, 0.25) is 0 Å². The van der Waals surface area contributed by atoms with Gasteiger partial charge in [-0.15, -0.1) is 0 Å². The average Bonchev–Trinajstić information content (AvgIpc) is 3.21. The van der Waals surface area contributed by atoms with Crippen LogP contribution < -0.4 is 10.6 Å². The van der Waals surface area contributed by atoms with Crippen LogP contribution in [0, 0.1) is 0 Å². The second-order valence-electron chi connectivity index (χ2n) is 7.06. The number of anilines is 1. The summed E-state index contributed by atoms with van der Waals surface area (Å²) in [7, 11) is 0. The third kappa shape index (κ3) is 4.20. The minimum atomic E-state index is 0.212. The van der Waals surface area contributed by atoms with E-state index in [-0.39, 0.29) is 6.10 Å². The molecule has 1 aromatic heterocycles. The number of ether oxygens (including phenoxy) is 2. The van der Waals surface area contributed by atoms with Crippen molar-refractivity contribution in [3.8, 4) is 11.4 Å². The first-order valence-electron chi connectivity index (χ1n) is 9.40. The maximum atomic E-state index is 6.01. The molecule has 2 aliphatic heterocycles. The number of aromatic nitrogens is 2. The van der Waals surface area contributed by atoms with Gasteiger partial charge in [-0.05, 0) is 37.0 Å². The van der Waals surface area contributed by atoms with Crippen LogP contribution in [0.1, 0.15) is 24.8 Å². The summed E-state index contributed by atoms with van der Waals surface area (Å²) in [5.41, 5.74) is 8.16. The molecular weight excluding hydrogens is 328 g/mol. The molecule has 2 aromatic rings. The maximum Gasteiger partial charge on any atom is 0.161 e. The maximum absolute atomic E-state index is 6.01. The topological polar surface area (TPSA) is 73.5 Å². The zero-order valence-electron chi connectivity index (χ0n) is 15.0. The van der Waals surface area contributed by atoms with Crippen LogP contribution in [0.25, 0.3) is 11.4 Å². The van der Waals surface area contributed by atoms with E-state index in [4.69, 9.17) is 20.2 Å². The number of nitrogens with two attached hydrogens (primary N) is 1. The molecule has 2 N–H and O–H groups in total. The van der Waals surface area contributed by atoms with Crippen LogP contribution >= 0.6 is 0 Å². The van der Waals surface area contributed by atoms with E-state index in [1.54, 1.807) is 0 Å². The number of hydrogen-bond donors (Lipinski definition) is 1. The molecule has 6 nitrogen and oxygen atoms in total. The van der Waals surface area contributed by atoms with Crippen LogP contribution in [0.5, 0.6) is 0 Å². The van der Waals surface area contributed by atoms with Crippen molar-refractivity contribution in [3.05, 3.63) is 42.1 Å². The van der Waals surface area contributed by atoms with Gasteiger partial charge < -0.3 is 20.1 Å². The summed E-state index contributed by atoms with van der Waals surface area (Å²) in [4.78, 5) is 11.6. The Labute approximate surface area is 154 Å². The molecule has 26 heavy (non-hydrogen) atoms. The first kappa shape index (κ1) is 17.4. The Morgan fingerprint density at radius 2 is 2.08 bits per heavy atom. The standard InChI is InChI=1S/C20H26N4O2/c21-17-5-9-24(10-6-17)19-4-8-22-20(23-19)16-3-1-2-15(12-16)13-26-18-7-11-25-14-18/h1-4,8,12,17-18H,5-7,9-11,13-14,21H2. The quantitative estimate of drug-likeness (QED) is 0.889. The third-order valence-electron chi connectivity index (χ3n) is 5.06. The van der Waals surface area contributed by atoms with Crippen molar-refractivity contribution in [2.75, 3.05) is 31.2 Å². The predicted octanol–water partition coefficient (Wildman–Crippen LogP) is 2.38. The monoisotopic (exact) mass is 354 g/mol. The summed E-state index contributed by atoms with van der Waals surface area (Å²) in [5, 5.41) is 0. The van der Waals surface area contributed by atoms with E-state index < -0.39 is 0 Å². The highest BCUT2D eigenvalue weighted by Gasteiger charge is 2.18. The lowest BCUT2D eigenvalue weighted by atomic mass is 10.1. The van der Waals surface area contributed by atoms with Gasteiger partial charge in [-0.25, -0.2) is 9.97 Å². The number of rotatable bonds is 5. The summed E-state index contributed by atoms with van der Waals surface area (Å²) < 4.78 is 11.3. The molecule has 0 radical (unpaired) electrons. The third-order valence-corrected chi connectivity index (χ3v) is 5.06. The zero-order valence-corrected chi connectivity index (χ0v) is 15.0. The first-order chi connectivity index (χ1) is 12.8. The van der Waals surface area contributed by atoms with Gasteiger partial charge in [0.15, 0.2) is 5.82 Å². The zero-order chi connectivity index (χ0) is 17.8. The molecule has 0 aliphatic carbocycles. The summed E-state index contributed by atoms with van der Waals surface area (Å²) >= 11 is 0. The Balaban J connectivity index is 1.46.